The molecule has 2 amide bonds. The Morgan fingerprint density at radius 1 is 1.11 bits per heavy atom. The summed E-state index contributed by atoms with van der Waals surface area (Å²) >= 11 is 0. The number of carbonyl (C=O) groups excluding carboxylic acids is 2. The van der Waals surface area contributed by atoms with E-state index in [0.29, 0.717) is 29.9 Å². The molecule has 0 fully saturated rings. The van der Waals surface area contributed by atoms with Crippen molar-refractivity contribution < 1.29 is 14.5 Å². The monoisotopic (exact) mass is 497 g/mol. The number of benzene rings is 3. The van der Waals surface area contributed by atoms with Gasteiger partial charge in [-0.25, -0.2) is 0 Å². The number of fused-ring (bicyclic) bond motifs is 2. The molecule has 2 heterocycles. The van der Waals surface area contributed by atoms with Crippen LogP contribution in [0.2, 0.25) is 0 Å². The second-order valence-electron chi connectivity index (χ2n) is 9.26. The summed E-state index contributed by atoms with van der Waals surface area (Å²) in [6, 6.07) is 18.2. The zero-order chi connectivity index (χ0) is 25.9. The van der Waals surface area contributed by atoms with E-state index in [1.54, 1.807) is 6.07 Å². The summed E-state index contributed by atoms with van der Waals surface area (Å²) in [4.78, 5) is 40.4. The first-order valence-corrected chi connectivity index (χ1v) is 12.2. The van der Waals surface area contributed by atoms with Crippen molar-refractivity contribution in [1.82, 2.24) is 10.6 Å². The summed E-state index contributed by atoms with van der Waals surface area (Å²) in [6.07, 6.45) is 1.57. The molecular formula is C28H27N5O4. The van der Waals surface area contributed by atoms with Crippen LogP contribution in [0.4, 0.5) is 17.1 Å². The number of anilines is 1. The van der Waals surface area contributed by atoms with Crippen LogP contribution in [0, 0.1) is 10.1 Å². The molecule has 0 aromatic heterocycles. The number of hydrogen-bond acceptors (Lipinski definition) is 6. The van der Waals surface area contributed by atoms with Crippen molar-refractivity contribution in [2.45, 2.75) is 32.2 Å². The Morgan fingerprint density at radius 3 is 2.68 bits per heavy atom. The Bertz CT molecular complexity index is 1410. The van der Waals surface area contributed by atoms with Gasteiger partial charge in [0.15, 0.2) is 0 Å². The Hall–Kier alpha value is -4.37. The fraction of sp³-hybridized carbons (Fsp3) is 0.250. The van der Waals surface area contributed by atoms with Crippen molar-refractivity contribution in [3.63, 3.8) is 0 Å². The molecule has 3 N–H and O–H groups in total. The number of hydrogen-bond donors (Lipinski definition) is 3. The summed E-state index contributed by atoms with van der Waals surface area (Å²) < 4.78 is 0. The molecule has 3 aromatic rings. The SMILES string of the molecule is CC(=O)NCCc1ccc(C(=Nc2ccc3c(c2)CCNC3)C2C(=O)Nc3ccc([N+](=O)[O-])cc32)cc1. The highest BCUT2D eigenvalue weighted by Gasteiger charge is 2.36. The van der Waals surface area contributed by atoms with Gasteiger partial charge in [-0.1, -0.05) is 30.3 Å². The quantitative estimate of drug-likeness (QED) is 0.260. The largest absolute Gasteiger partial charge is 0.356 e. The number of carbonyl (C=O) groups is 2. The minimum atomic E-state index is -0.794. The lowest BCUT2D eigenvalue weighted by Crippen LogP contribution is -2.23. The summed E-state index contributed by atoms with van der Waals surface area (Å²) in [5.41, 5.74) is 6.51. The summed E-state index contributed by atoms with van der Waals surface area (Å²) in [5, 5.41) is 20.5. The lowest BCUT2D eigenvalue weighted by atomic mass is 9.89. The molecule has 0 bridgehead atoms. The van der Waals surface area contributed by atoms with Gasteiger partial charge in [-0.05, 0) is 59.8 Å². The molecule has 0 saturated heterocycles. The third-order valence-corrected chi connectivity index (χ3v) is 6.71. The van der Waals surface area contributed by atoms with Gasteiger partial charge in [0, 0.05) is 43.4 Å². The highest BCUT2D eigenvalue weighted by molar-refractivity contribution is 6.24. The standard InChI is InChI=1S/C28H27N5O4/c1-17(34)30-13-10-18-2-4-19(5-3-18)27(31-22-7-6-21-16-29-12-11-20(21)14-22)26-24-15-23(33(36)37)8-9-25(24)32-28(26)35/h2-9,14-15,26,29H,10-13,16H2,1H3,(H,30,34)(H,32,35). The van der Waals surface area contributed by atoms with E-state index in [-0.39, 0.29) is 17.5 Å². The maximum atomic E-state index is 13.2. The van der Waals surface area contributed by atoms with Crippen molar-refractivity contribution in [1.29, 1.82) is 0 Å². The van der Waals surface area contributed by atoms with Gasteiger partial charge in [0.25, 0.3) is 5.69 Å². The van der Waals surface area contributed by atoms with Gasteiger partial charge >= 0.3 is 0 Å². The minimum absolute atomic E-state index is 0.0748. The average Bonchev–Trinajstić information content (AvgIpc) is 3.22. The third kappa shape index (κ3) is 5.26. The zero-order valence-corrected chi connectivity index (χ0v) is 20.4. The maximum Gasteiger partial charge on any atom is 0.269 e. The van der Waals surface area contributed by atoms with Crippen LogP contribution in [-0.2, 0) is 29.0 Å². The number of non-ortho nitro benzene ring substituents is 1. The van der Waals surface area contributed by atoms with E-state index in [1.165, 1.54) is 30.2 Å². The lowest BCUT2D eigenvalue weighted by Gasteiger charge is -2.18. The molecule has 188 valence electrons. The van der Waals surface area contributed by atoms with Crippen molar-refractivity contribution in [3.8, 4) is 0 Å². The number of amides is 2. The molecule has 0 aliphatic carbocycles. The fourth-order valence-corrected chi connectivity index (χ4v) is 4.83. The fourth-order valence-electron chi connectivity index (χ4n) is 4.83. The van der Waals surface area contributed by atoms with Crippen LogP contribution >= 0.6 is 0 Å². The third-order valence-electron chi connectivity index (χ3n) is 6.71. The molecule has 1 unspecified atom stereocenters. The average molecular weight is 498 g/mol. The molecule has 1 atom stereocenters. The normalized spacial score (nSPS) is 16.5. The molecule has 9 nitrogen and oxygen atoms in total. The lowest BCUT2D eigenvalue weighted by molar-refractivity contribution is -0.384. The van der Waals surface area contributed by atoms with Gasteiger partial charge in [-0.3, -0.25) is 24.7 Å². The highest BCUT2D eigenvalue weighted by Crippen LogP contribution is 2.38. The van der Waals surface area contributed by atoms with E-state index < -0.39 is 10.8 Å². The Morgan fingerprint density at radius 2 is 1.92 bits per heavy atom. The summed E-state index contributed by atoms with van der Waals surface area (Å²) in [5.74, 6) is -1.14. The Balaban J connectivity index is 1.56. The van der Waals surface area contributed by atoms with Gasteiger partial charge in [0.05, 0.1) is 16.3 Å². The van der Waals surface area contributed by atoms with Gasteiger partial charge in [-0.2, -0.15) is 0 Å². The van der Waals surface area contributed by atoms with E-state index in [4.69, 9.17) is 4.99 Å². The number of nitrogens with zero attached hydrogens (tertiary/aromatic N) is 2. The smallest absolute Gasteiger partial charge is 0.269 e. The molecule has 0 saturated carbocycles. The van der Waals surface area contributed by atoms with E-state index >= 15 is 0 Å². The molecule has 0 spiro atoms. The van der Waals surface area contributed by atoms with Gasteiger partial charge in [0.1, 0.15) is 5.92 Å². The predicted octanol–water partition coefficient (Wildman–Crippen LogP) is 3.78. The second kappa shape index (κ2) is 10.3. The van der Waals surface area contributed by atoms with E-state index in [0.717, 1.165) is 36.3 Å². The van der Waals surface area contributed by atoms with Crippen molar-refractivity contribution >= 4 is 34.6 Å². The van der Waals surface area contributed by atoms with E-state index in [9.17, 15) is 19.7 Å². The number of aliphatic imine (C=N–C) groups is 1. The molecule has 3 aromatic carbocycles. The van der Waals surface area contributed by atoms with E-state index in [1.807, 2.05) is 30.3 Å². The van der Waals surface area contributed by atoms with Crippen LogP contribution in [0.3, 0.4) is 0 Å². The van der Waals surface area contributed by atoms with Crippen LogP contribution in [-0.4, -0.2) is 35.5 Å². The molecule has 2 aliphatic heterocycles. The van der Waals surface area contributed by atoms with Crippen LogP contribution in [0.15, 0.2) is 65.7 Å². The second-order valence-corrected chi connectivity index (χ2v) is 9.26. The first kappa shape index (κ1) is 24.3. The number of nitrogens with one attached hydrogen (secondary N) is 3. The summed E-state index contributed by atoms with van der Waals surface area (Å²) in [7, 11) is 0. The first-order chi connectivity index (χ1) is 17.9. The number of nitro benzene ring substituents is 1. The first-order valence-electron chi connectivity index (χ1n) is 12.2. The van der Waals surface area contributed by atoms with Crippen LogP contribution in [0.25, 0.3) is 0 Å². The molecular weight excluding hydrogens is 470 g/mol. The molecule has 0 radical (unpaired) electrons. The van der Waals surface area contributed by atoms with Crippen LogP contribution in [0.1, 0.15) is 40.7 Å². The van der Waals surface area contributed by atoms with Gasteiger partial charge in [0.2, 0.25) is 11.8 Å². The van der Waals surface area contributed by atoms with Crippen molar-refractivity contribution in [2.24, 2.45) is 4.99 Å². The number of nitro groups is 1. The van der Waals surface area contributed by atoms with E-state index in [2.05, 4.69) is 28.1 Å². The van der Waals surface area contributed by atoms with Crippen molar-refractivity contribution in [2.75, 3.05) is 18.4 Å². The number of rotatable bonds is 7. The van der Waals surface area contributed by atoms with Crippen molar-refractivity contribution in [3.05, 3.63) is 98.6 Å². The molecule has 5 rings (SSSR count). The van der Waals surface area contributed by atoms with Crippen LogP contribution < -0.4 is 16.0 Å². The maximum absolute atomic E-state index is 13.2. The topological polar surface area (TPSA) is 126 Å². The highest BCUT2D eigenvalue weighted by atomic mass is 16.6. The summed E-state index contributed by atoms with van der Waals surface area (Å²) in [6.45, 7) is 3.73. The molecule has 2 aliphatic rings. The molecule has 37 heavy (non-hydrogen) atoms. The Kier molecular flexibility index (Phi) is 6.78. The Labute approximate surface area is 214 Å². The minimum Gasteiger partial charge on any atom is -0.356 e. The molecule has 9 heteroatoms. The predicted molar refractivity (Wildman–Crippen MR) is 141 cm³/mol. The van der Waals surface area contributed by atoms with Gasteiger partial charge < -0.3 is 16.0 Å². The van der Waals surface area contributed by atoms with Crippen LogP contribution in [0.5, 0.6) is 0 Å². The zero-order valence-electron chi connectivity index (χ0n) is 20.4. The van der Waals surface area contributed by atoms with Gasteiger partial charge in [-0.15, -0.1) is 0 Å².